The number of nitrogens with two attached hydrogens (primary N) is 1. The average molecular weight is 568 g/mol. The van der Waals surface area contributed by atoms with Crippen LogP contribution in [0.25, 0.3) is 11.6 Å². The van der Waals surface area contributed by atoms with Crippen LogP contribution in [0.1, 0.15) is 26.3 Å². The maximum atomic E-state index is 13.8. The third-order valence-corrected chi connectivity index (χ3v) is 7.29. The van der Waals surface area contributed by atoms with E-state index < -0.39 is 10.0 Å². The molecule has 13 heteroatoms. The van der Waals surface area contributed by atoms with Gasteiger partial charge in [0.2, 0.25) is 11.6 Å². The van der Waals surface area contributed by atoms with E-state index in [1.54, 1.807) is 48.7 Å². The molecule has 4 rings (SSSR count). The summed E-state index contributed by atoms with van der Waals surface area (Å²) in [5.41, 5.74) is 0.769. The highest BCUT2D eigenvalue weighted by atomic mass is 32.2. The second kappa shape index (κ2) is 11.8. The first kappa shape index (κ1) is 28.7. The number of sulfonamides is 1. The van der Waals surface area contributed by atoms with Gasteiger partial charge in [0.25, 0.3) is 21.7 Å². The maximum Gasteiger partial charge on any atom is 0.366 e. The summed E-state index contributed by atoms with van der Waals surface area (Å²) in [6, 6.07) is 14.8. The number of hydrogen-bond donors (Lipinski definition) is 2. The van der Waals surface area contributed by atoms with Crippen LogP contribution < -0.4 is 29.5 Å². The van der Waals surface area contributed by atoms with Gasteiger partial charge in [0.05, 0.1) is 24.8 Å². The lowest BCUT2D eigenvalue weighted by Gasteiger charge is -2.23. The van der Waals surface area contributed by atoms with Crippen molar-refractivity contribution >= 4 is 15.8 Å². The number of aromatic nitrogens is 4. The van der Waals surface area contributed by atoms with Crippen LogP contribution in [-0.2, 0) is 15.4 Å². The molecule has 0 radical (unpaired) electrons. The van der Waals surface area contributed by atoms with Gasteiger partial charge in [-0.3, -0.25) is 0 Å². The van der Waals surface area contributed by atoms with Crippen molar-refractivity contribution in [3.05, 3.63) is 72.6 Å². The zero-order chi connectivity index (χ0) is 28.9. The molecule has 0 unspecified atom stereocenters. The Hall–Kier alpha value is -4.33. The number of nitrogens with zero attached hydrogens (tertiary/aromatic N) is 4. The molecule has 0 fully saturated rings. The molecule has 12 nitrogen and oxygen atoms in total. The standard InChI is InChI=1S/C27H30N6O6S/c1-27(2,3)18-10-12-19(13-11-18)40(35,36)33(28)25-22(39-21-9-6-5-8-20(21)37-4)26(38-17-16-34)32-24(31-25)23-29-14-7-15-30-23/h5-15,34H,16-17,28H2,1-4H3/p+1. The van der Waals surface area contributed by atoms with Crippen molar-refractivity contribution in [2.24, 2.45) is 5.84 Å². The van der Waals surface area contributed by atoms with Crippen molar-refractivity contribution in [1.29, 1.82) is 0 Å². The highest BCUT2D eigenvalue weighted by Crippen LogP contribution is 2.42. The molecule has 0 saturated carbocycles. The minimum absolute atomic E-state index is 0.0235. The molecule has 4 aromatic rings. The van der Waals surface area contributed by atoms with Crippen LogP contribution in [-0.4, -0.2) is 48.8 Å². The monoisotopic (exact) mass is 567 g/mol. The maximum absolute atomic E-state index is 13.8. The zero-order valence-corrected chi connectivity index (χ0v) is 23.3. The Morgan fingerprint density at radius 3 is 2.33 bits per heavy atom. The fourth-order valence-corrected chi connectivity index (χ4v) is 4.68. The minimum Gasteiger partial charge on any atom is -0.493 e. The number of hydrogen-bond acceptors (Lipinski definition) is 10. The number of aliphatic hydroxyl groups is 1. The van der Waals surface area contributed by atoms with Gasteiger partial charge in [-0.25, -0.2) is 10.8 Å². The van der Waals surface area contributed by atoms with E-state index in [0.717, 1.165) is 5.56 Å². The smallest absolute Gasteiger partial charge is 0.366 e. The average Bonchev–Trinajstić information content (AvgIpc) is 2.96. The third kappa shape index (κ3) is 6.11. The van der Waals surface area contributed by atoms with E-state index in [0.29, 0.717) is 10.2 Å². The SMILES string of the molecule is COc1ccccc1Oc1c(OCCO)nc(-c2nccc[nH+]2)nc1N(N)S(=O)(=O)c1ccc(C(C)(C)C)cc1. The Balaban J connectivity index is 1.91. The number of benzene rings is 2. The van der Waals surface area contributed by atoms with Crippen LogP contribution in [0.2, 0.25) is 0 Å². The Bertz CT molecular complexity index is 1560. The molecule has 0 aliphatic carbocycles. The first-order valence-electron chi connectivity index (χ1n) is 12.3. The zero-order valence-electron chi connectivity index (χ0n) is 22.5. The second-order valence-electron chi connectivity index (χ2n) is 9.54. The molecule has 4 N–H and O–H groups in total. The molecule has 2 aromatic carbocycles. The normalized spacial score (nSPS) is 11.7. The minimum atomic E-state index is -4.35. The van der Waals surface area contributed by atoms with Crippen LogP contribution in [0.5, 0.6) is 23.1 Å². The molecular weight excluding hydrogens is 536 g/mol. The second-order valence-corrected chi connectivity index (χ2v) is 11.4. The van der Waals surface area contributed by atoms with Crippen LogP contribution in [0.3, 0.4) is 0 Å². The van der Waals surface area contributed by atoms with Gasteiger partial charge in [-0.05, 0) is 40.2 Å². The number of anilines is 1. The van der Waals surface area contributed by atoms with Crippen molar-refractivity contribution in [2.75, 3.05) is 24.7 Å². The third-order valence-electron chi connectivity index (χ3n) is 5.73. The van der Waals surface area contributed by atoms with Crippen LogP contribution in [0, 0.1) is 0 Å². The molecule has 0 atom stereocenters. The number of nitrogens with one attached hydrogen (secondary N) is 1. The van der Waals surface area contributed by atoms with E-state index in [1.165, 1.54) is 25.4 Å². The summed E-state index contributed by atoms with van der Waals surface area (Å²) in [6.07, 6.45) is 3.11. The summed E-state index contributed by atoms with van der Waals surface area (Å²) < 4.78 is 45.2. The van der Waals surface area contributed by atoms with Gasteiger partial charge in [0.15, 0.2) is 11.5 Å². The van der Waals surface area contributed by atoms with Gasteiger partial charge < -0.3 is 19.3 Å². The number of rotatable bonds is 10. The molecule has 0 aliphatic rings. The number of ether oxygens (including phenoxy) is 3. The molecule has 0 spiro atoms. The van der Waals surface area contributed by atoms with Crippen molar-refractivity contribution in [2.45, 2.75) is 31.1 Å². The van der Waals surface area contributed by atoms with E-state index in [4.69, 9.17) is 20.1 Å². The van der Waals surface area contributed by atoms with Crippen molar-refractivity contribution in [3.63, 3.8) is 0 Å². The van der Waals surface area contributed by atoms with E-state index >= 15 is 0 Å². The lowest BCUT2D eigenvalue weighted by atomic mass is 9.87. The van der Waals surface area contributed by atoms with Crippen molar-refractivity contribution in [3.8, 4) is 34.8 Å². The van der Waals surface area contributed by atoms with Gasteiger partial charge in [-0.2, -0.15) is 22.8 Å². The Labute approximate surface area is 232 Å². The Morgan fingerprint density at radius 2 is 1.73 bits per heavy atom. The summed E-state index contributed by atoms with van der Waals surface area (Å²) in [4.78, 5) is 15.9. The first-order chi connectivity index (χ1) is 19.1. The molecule has 0 aliphatic heterocycles. The lowest BCUT2D eigenvalue weighted by molar-refractivity contribution is -0.369. The summed E-state index contributed by atoms with van der Waals surface area (Å²) in [5, 5.41) is 9.43. The van der Waals surface area contributed by atoms with E-state index in [-0.39, 0.29) is 58.4 Å². The molecule has 0 amide bonds. The van der Waals surface area contributed by atoms with E-state index in [9.17, 15) is 13.5 Å². The van der Waals surface area contributed by atoms with Gasteiger partial charge in [-0.1, -0.05) is 45.0 Å². The summed E-state index contributed by atoms with van der Waals surface area (Å²) in [7, 11) is -2.88. The van der Waals surface area contributed by atoms with Crippen molar-refractivity contribution in [1.82, 2.24) is 15.0 Å². The molecule has 0 bridgehead atoms. The first-order valence-corrected chi connectivity index (χ1v) is 13.7. The predicted octanol–water partition coefficient (Wildman–Crippen LogP) is 2.89. The highest BCUT2D eigenvalue weighted by molar-refractivity contribution is 7.92. The molecule has 210 valence electrons. The number of H-pyrrole nitrogens is 1. The quantitative estimate of drug-likeness (QED) is 0.215. The van der Waals surface area contributed by atoms with E-state index in [2.05, 4.69) is 19.9 Å². The Kier molecular flexibility index (Phi) is 8.47. The number of hydrazine groups is 1. The van der Waals surface area contributed by atoms with Crippen LogP contribution >= 0.6 is 0 Å². The topological polar surface area (TPSA) is 164 Å². The number of para-hydroxylation sites is 2. The van der Waals surface area contributed by atoms with Crippen LogP contribution in [0.15, 0.2) is 71.9 Å². The largest absolute Gasteiger partial charge is 0.493 e. The van der Waals surface area contributed by atoms with Gasteiger partial charge in [0, 0.05) is 6.07 Å². The van der Waals surface area contributed by atoms with Gasteiger partial charge >= 0.3 is 5.82 Å². The van der Waals surface area contributed by atoms with Crippen molar-refractivity contribution < 1.29 is 32.7 Å². The molecule has 2 heterocycles. The number of aromatic amines is 1. The fraction of sp³-hybridized carbons (Fsp3) is 0.259. The molecule has 0 saturated heterocycles. The Morgan fingerprint density at radius 1 is 1.02 bits per heavy atom. The highest BCUT2D eigenvalue weighted by Gasteiger charge is 2.32. The number of aliphatic hydroxyl groups excluding tert-OH is 1. The van der Waals surface area contributed by atoms with Gasteiger partial charge in [0.1, 0.15) is 12.8 Å². The molecular formula is C27H31N6O6S+. The predicted molar refractivity (Wildman–Crippen MR) is 146 cm³/mol. The molecule has 2 aromatic heterocycles. The van der Waals surface area contributed by atoms with Gasteiger partial charge in [-0.15, -0.1) is 0 Å². The lowest BCUT2D eigenvalue weighted by Crippen LogP contribution is -2.38. The van der Waals surface area contributed by atoms with E-state index in [1.807, 2.05) is 20.8 Å². The fourth-order valence-electron chi connectivity index (χ4n) is 3.62. The summed E-state index contributed by atoms with van der Waals surface area (Å²) in [6.45, 7) is 5.56. The summed E-state index contributed by atoms with van der Waals surface area (Å²) >= 11 is 0. The summed E-state index contributed by atoms with van der Waals surface area (Å²) in [5.74, 6) is 6.35. The molecule has 40 heavy (non-hydrogen) atoms. The van der Waals surface area contributed by atoms with Crippen LogP contribution in [0.4, 0.5) is 5.82 Å². The number of methoxy groups -OCH3 is 1.